The van der Waals surface area contributed by atoms with E-state index in [1.54, 1.807) is 39.4 Å². The van der Waals surface area contributed by atoms with Crippen molar-refractivity contribution >= 4 is 34.3 Å². The number of morpholine rings is 1. The summed E-state index contributed by atoms with van der Waals surface area (Å²) in [5.41, 5.74) is 0.648. The second-order valence-corrected chi connectivity index (χ2v) is 9.35. The van der Waals surface area contributed by atoms with E-state index >= 15 is 0 Å². The number of rotatable bonds is 6. The predicted octanol–water partition coefficient (Wildman–Crippen LogP) is 2.66. The van der Waals surface area contributed by atoms with Gasteiger partial charge in [-0.25, -0.2) is 4.98 Å². The Morgan fingerprint density at radius 2 is 2.15 bits per heavy atom. The highest BCUT2D eigenvalue weighted by molar-refractivity contribution is 7.99. The van der Waals surface area contributed by atoms with Crippen molar-refractivity contribution in [3.05, 3.63) is 33.6 Å². The molecule has 1 aromatic heterocycles. The summed E-state index contributed by atoms with van der Waals surface area (Å²) in [7, 11) is 0. The molecule has 1 aliphatic heterocycles. The fourth-order valence-electron chi connectivity index (χ4n) is 3.60. The molecule has 1 fully saturated rings. The molecule has 0 bridgehead atoms. The number of fused-ring (bicyclic) bond motifs is 1. The van der Waals surface area contributed by atoms with Gasteiger partial charge in [0.15, 0.2) is 5.16 Å². The molecule has 1 N–H and O–H groups in total. The Balaban J connectivity index is 1.81. The van der Waals surface area contributed by atoms with E-state index in [1.807, 2.05) is 13.8 Å². The molecule has 2 atom stereocenters. The molecule has 1 aromatic carbocycles. The molecule has 5 nitrogen and oxygen atoms in total. The van der Waals surface area contributed by atoms with Gasteiger partial charge in [-0.3, -0.25) is 9.36 Å². The maximum Gasteiger partial charge on any atom is 0.262 e. The van der Waals surface area contributed by atoms with E-state index in [0.29, 0.717) is 21.8 Å². The Hall–Kier alpha value is -1.08. The van der Waals surface area contributed by atoms with Crippen LogP contribution in [0.4, 0.5) is 0 Å². The van der Waals surface area contributed by atoms with Crippen LogP contribution in [0.25, 0.3) is 10.9 Å². The molecule has 1 saturated heterocycles. The van der Waals surface area contributed by atoms with Crippen LogP contribution < -0.4 is 10.5 Å². The number of halogens is 1. The van der Waals surface area contributed by atoms with E-state index < -0.39 is 0 Å². The summed E-state index contributed by atoms with van der Waals surface area (Å²) in [6, 6.07) is 5.31. The van der Waals surface area contributed by atoms with Crippen LogP contribution in [0.15, 0.2) is 28.2 Å². The van der Waals surface area contributed by atoms with Gasteiger partial charge in [-0.05, 0) is 32.0 Å². The third-order valence-electron chi connectivity index (χ3n) is 4.77. The Morgan fingerprint density at radius 1 is 1.37 bits per heavy atom. The van der Waals surface area contributed by atoms with Crippen molar-refractivity contribution in [2.75, 3.05) is 32.0 Å². The Bertz CT molecular complexity index is 853. The molecule has 2 aromatic rings. The van der Waals surface area contributed by atoms with E-state index in [-0.39, 0.29) is 17.7 Å². The van der Waals surface area contributed by atoms with E-state index in [1.165, 1.54) is 6.54 Å². The summed E-state index contributed by atoms with van der Waals surface area (Å²) in [4.78, 5) is 19.3. The van der Waals surface area contributed by atoms with Crippen molar-refractivity contribution in [1.29, 1.82) is 0 Å². The van der Waals surface area contributed by atoms with Crippen LogP contribution in [0.1, 0.15) is 33.7 Å². The van der Waals surface area contributed by atoms with E-state index in [0.717, 1.165) is 30.6 Å². The number of nitrogens with one attached hydrogen (secondary N) is 1. The van der Waals surface area contributed by atoms with Gasteiger partial charge in [0.2, 0.25) is 0 Å². The number of hydrogen-bond donors (Lipinski definition) is 1. The van der Waals surface area contributed by atoms with Gasteiger partial charge in [-0.15, -0.1) is 0 Å². The normalized spacial score (nSPS) is 20.7. The van der Waals surface area contributed by atoms with Crippen LogP contribution in [-0.2, 0) is 4.74 Å². The van der Waals surface area contributed by atoms with Crippen molar-refractivity contribution < 1.29 is 9.64 Å². The molecule has 0 saturated carbocycles. The quantitative estimate of drug-likeness (QED) is 0.587. The molecule has 0 spiro atoms. The number of quaternary nitrogens is 1. The first kappa shape index (κ1) is 20.6. The minimum absolute atomic E-state index is 0.00853. The maximum atomic E-state index is 13.0. The standard InChI is InChI=1S/C20H28ClN3O2S/c1-13(2)10-23-7-8-26-16(11-23)12-27-20-22-18-9-15(21)5-6-17(18)19(25)24(20)14(3)4/h5-6,9,13-14,16H,7-8,10-12H2,1-4H3/p+1/t16-/m1/s1. The fourth-order valence-corrected chi connectivity index (χ4v) is 4.91. The zero-order valence-electron chi connectivity index (χ0n) is 16.5. The molecule has 2 heterocycles. The number of benzene rings is 1. The Morgan fingerprint density at radius 3 is 2.85 bits per heavy atom. The van der Waals surface area contributed by atoms with E-state index in [2.05, 4.69) is 13.8 Å². The van der Waals surface area contributed by atoms with Gasteiger partial charge < -0.3 is 9.64 Å². The average molecular weight is 411 g/mol. The highest BCUT2D eigenvalue weighted by Gasteiger charge is 2.25. The summed E-state index contributed by atoms with van der Waals surface area (Å²) in [5.74, 6) is 1.48. The van der Waals surface area contributed by atoms with Crippen molar-refractivity contribution in [2.45, 2.75) is 45.0 Å². The largest absolute Gasteiger partial charge is 0.366 e. The van der Waals surface area contributed by atoms with Gasteiger partial charge in [0.05, 0.1) is 24.1 Å². The van der Waals surface area contributed by atoms with E-state index in [9.17, 15) is 4.79 Å². The Kier molecular flexibility index (Phi) is 6.84. The van der Waals surface area contributed by atoms with Crippen LogP contribution in [0.2, 0.25) is 5.02 Å². The predicted molar refractivity (Wildman–Crippen MR) is 112 cm³/mol. The molecule has 0 aliphatic carbocycles. The first-order valence-electron chi connectivity index (χ1n) is 9.65. The zero-order valence-corrected chi connectivity index (χ0v) is 18.1. The molecule has 148 valence electrons. The summed E-state index contributed by atoms with van der Waals surface area (Å²) >= 11 is 7.71. The van der Waals surface area contributed by atoms with Crippen molar-refractivity contribution in [1.82, 2.24) is 9.55 Å². The van der Waals surface area contributed by atoms with Gasteiger partial charge in [0.1, 0.15) is 19.2 Å². The second-order valence-electron chi connectivity index (χ2n) is 7.93. The second kappa shape index (κ2) is 8.95. The van der Waals surface area contributed by atoms with Gasteiger partial charge in [0.25, 0.3) is 5.56 Å². The van der Waals surface area contributed by atoms with Crippen LogP contribution in [0, 0.1) is 5.92 Å². The lowest BCUT2D eigenvalue weighted by atomic mass is 10.2. The number of hydrogen-bond acceptors (Lipinski definition) is 4. The van der Waals surface area contributed by atoms with Crippen LogP contribution in [-0.4, -0.2) is 47.6 Å². The smallest absolute Gasteiger partial charge is 0.262 e. The first-order chi connectivity index (χ1) is 12.8. The van der Waals surface area contributed by atoms with Crippen molar-refractivity contribution in [3.63, 3.8) is 0 Å². The number of nitrogens with zero attached hydrogens (tertiary/aromatic N) is 2. The Labute approximate surface area is 170 Å². The molecule has 0 radical (unpaired) electrons. The lowest BCUT2D eigenvalue weighted by molar-refractivity contribution is -0.914. The molecule has 1 aliphatic rings. The van der Waals surface area contributed by atoms with Gasteiger partial charge in [0, 0.05) is 22.7 Å². The molecule has 1 unspecified atom stereocenters. The average Bonchev–Trinajstić information content (AvgIpc) is 2.59. The van der Waals surface area contributed by atoms with Crippen LogP contribution >= 0.6 is 23.4 Å². The topological polar surface area (TPSA) is 48.6 Å². The van der Waals surface area contributed by atoms with Gasteiger partial charge in [-0.2, -0.15) is 0 Å². The number of thioether (sulfide) groups is 1. The van der Waals surface area contributed by atoms with Crippen molar-refractivity contribution in [2.24, 2.45) is 5.92 Å². The fraction of sp³-hybridized carbons (Fsp3) is 0.600. The molecule has 0 amide bonds. The van der Waals surface area contributed by atoms with Gasteiger partial charge in [-0.1, -0.05) is 37.2 Å². The molecular formula is C20H29ClN3O2S+. The third kappa shape index (κ3) is 5.05. The minimum atomic E-state index is -0.00853. The SMILES string of the molecule is CC(C)C[NH+]1CCO[C@@H](CSc2nc3cc(Cl)ccc3c(=O)n2C(C)C)C1. The van der Waals surface area contributed by atoms with Crippen LogP contribution in [0.3, 0.4) is 0 Å². The lowest BCUT2D eigenvalue weighted by Gasteiger charge is -2.31. The number of aromatic nitrogens is 2. The van der Waals surface area contributed by atoms with E-state index in [4.69, 9.17) is 21.3 Å². The summed E-state index contributed by atoms with van der Waals surface area (Å²) in [5, 5.41) is 1.94. The molecular weight excluding hydrogens is 382 g/mol. The monoisotopic (exact) mass is 410 g/mol. The molecule has 27 heavy (non-hydrogen) atoms. The summed E-state index contributed by atoms with van der Waals surface area (Å²) < 4.78 is 7.75. The third-order valence-corrected chi connectivity index (χ3v) is 6.09. The van der Waals surface area contributed by atoms with Crippen LogP contribution in [0.5, 0.6) is 0 Å². The van der Waals surface area contributed by atoms with Gasteiger partial charge >= 0.3 is 0 Å². The zero-order chi connectivity index (χ0) is 19.6. The highest BCUT2D eigenvalue weighted by atomic mass is 35.5. The molecule has 3 rings (SSSR count). The summed E-state index contributed by atoms with van der Waals surface area (Å²) in [6.45, 7) is 12.6. The molecule has 7 heteroatoms. The minimum Gasteiger partial charge on any atom is -0.366 e. The van der Waals surface area contributed by atoms with Crippen molar-refractivity contribution in [3.8, 4) is 0 Å². The number of ether oxygens (including phenoxy) is 1. The lowest BCUT2D eigenvalue weighted by Crippen LogP contribution is -3.15. The first-order valence-corrected chi connectivity index (χ1v) is 11.0. The highest BCUT2D eigenvalue weighted by Crippen LogP contribution is 2.23. The summed E-state index contributed by atoms with van der Waals surface area (Å²) in [6.07, 6.45) is 0.185. The maximum absolute atomic E-state index is 13.0.